The molecule has 1 aromatic heterocycles. The number of carbonyl (C=O) groups is 1. The Balaban J connectivity index is 1.39. The molecule has 0 bridgehead atoms. The highest BCUT2D eigenvalue weighted by molar-refractivity contribution is 7.09. The number of amides is 1. The fourth-order valence-electron chi connectivity index (χ4n) is 3.45. The van der Waals surface area contributed by atoms with Crippen LogP contribution < -0.4 is 5.73 Å². The fraction of sp³-hybridized carbons (Fsp3) is 0.450. The van der Waals surface area contributed by atoms with Crippen LogP contribution in [0.2, 0.25) is 0 Å². The number of likely N-dealkylation sites (tertiary alicyclic amines) is 1. The molecular weight excluding hydrogens is 316 g/mol. The van der Waals surface area contributed by atoms with Gasteiger partial charge in [-0.25, -0.2) is 0 Å². The summed E-state index contributed by atoms with van der Waals surface area (Å²) in [6, 6.07) is 14.7. The van der Waals surface area contributed by atoms with Gasteiger partial charge in [0.05, 0.1) is 0 Å². The molecule has 2 atom stereocenters. The SMILES string of the molecule is N[C@@H]1CN(C(=O)CCCCCc2cccs2)C[C@H]1c1ccccc1. The molecule has 1 fully saturated rings. The smallest absolute Gasteiger partial charge is 0.222 e. The number of thiophene rings is 1. The average Bonchev–Trinajstić information content (AvgIpc) is 3.25. The van der Waals surface area contributed by atoms with E-state index in [0.717, 1.165) is 25.8 Å². The molecule has 128 valence electrons. The van der Waals surface area contributed by atoms with E-state index in [2.05, 4.69) is 29.6 Å². The number of nitrogens with zero attached hydrogens (tertiary/aromatic N) is 1. The quantitative estimate of drug-likeness (QED) is 0.778. The molecule has 3 rings (SSSR count). The number of aryl methyl sites for hydroxylation is 1. The van der Waals surface area contributed by atoms with Crippen molar-refractivity contribution in [2.24, 2.45) is 5.73 Å². The standard InChI is InChI=1S/C20H26N2OS/c21-19-15-22(14-18(19)16-8-3-1-4-9-16)20(23)12-6-2-5-10-17-11-7-13-24-17/h1,3-4,7-9,11,13,18-19H,2,5-6,10,12,14-15,21H2/t18-,19+/m0/s1. The summed E-state index contributed by atoms with van der Waals surface area (Å²) in [7, 11) is 0. The lowest BCUT2D eigenvalue weighted by molar-refractivity contribution is -0.130. The maximum atomic E-state index is 12.4. The zero-order valence-corrected chi connectivity index (χ0v) is 14.9. The molecule has 1 amide bonds. The third kappa shape index (κ3) is 4.46. The van der Waals surface area contributed by atoms with E-state index in [4.69, 9.17) is 5.73 Å². The minimum absolute atomic E-state index is 0.0511. The van der Waals surface area contributed by atoms with Gasteiger partial charge in [-0.05, 0) is 36.3 Å². The van der Waals surface area contributed by atoms with Crippen LogP contribution >= 0.6 is 11.3 Å². The summed E-state index contributed by atoms with van der Waals surface area (Å²) >= 11 is 1.82. The first-order valence-electron chi connectivity index (χ1n) is 8.84. The molecule has 2 N–H and O–H groups in total. The summed E-state index contributed by atoms with van der Waals surface area (Å²) in [5.41, 5.74) is 7.52. The highest BCUT2D eigenvalue weighted by Gasteiger charge is 2.33. The number of carbonyl (C=O) groups excluding carboxylic acids is 1. The maximum Gasteiger partial charge on any atom is 0.222 e. The molecule has 24 heavy (non-hydrogen) atoms. The Morgan fingerprint density at radius 3 is 2.67 bits per heavy atom. The van der Waals surface area contributed by atoms with Gasteiger partial charge in [-0.2, -0.15) is 0 Å². The third-order valence-electron chi connectivity index (χ3n) is 4.84. The Bertz CT molecular complexity index is 626. The number of hydrogen-bond donors (Lipinski definition) is 1. The number of rotatable bonds is 7. The number of benzene rings is 1. The lowest BCUT2D eigenvalue weighted by Gasteiger charge is -2.16. The normalized spacial score (nSPS) is 20.5. The van der Waals surface area contributed by atoms with Gasteiger partial charge < -0.3 is 10.6 Å². The second kappa shape index (κ2) is 8.45. The zero-order valence-electron chi connectivity index (χ0n) is 14.1. The van der Waals surface area contributed by atoms with Gasteiger partial charge in [-0.15, -0.1) is 11.3 Å². The van der Waals surface area contributed by atoms with E-state index >= 15 is 0 Å². The zero-order chi connectivity index (χ0) is 16.8. The third-order valence-corrected chi connectivity index (χ3v) is 5.78. The summed E-state index contributed by atoms with van der Waals surface area (Å²) in [6.07, 6.45) is 5.05. The molecule has 1 saturated heterocycles. The lowest BCUT2D eigenvalue weighted by atomic mass is 9.95. The van der Waals surface area contributed by atoms with Crippen LogP contribution in [0.4, 0.5) is 0 Å². The topological polar surface area (TPSA) is 46.3 Å². The summed E-state index contributed by atoms with van der Waals surface area (Å²) in [5.74, 6) is 0.536. The molecule has 2 heterocycles. The molecular formula is C20H26N2OS. The lowest BCUT2D eigenvalue weighted by Crippen LogP contribution is -2.32. The molecule has 0 saturated carbocycles. The molecule has 3 nitrogen and oxygen atoms in total. The van der Waals surface area contributed by atoms with E-state index < -0.39 is 0 Å². The van der Waals surface area contributed by atoms with E-state index in [1.807, 2.05) is 34.4 Å². The van der Waals surface area contributed by atoms with E-state index in [1.54, 1.807) is 0 Å². The average molecular weight is 343 g/mol. The van der Waals surface area contributed by atoms with Crippen LogP contribution in [0.15, 0.2) is 47.8 Å². The summed E-state index contributed by atoms with van der Waals surface area (Å²) in [4.78, 5) is 15.8. The van der Waals surface area contributed by atoms with Gasteiger partial charge in [0.2, 0.25) is 5.91 Å². The fourth-order valence-corrected chi connectivity index (χ4v) is 4.20. The van der Waals surface area contributed by atoms with Gasteiger partial charge in [0.1, 0.15) is 0 Å². The monoisotopic (exact) mass is 342 g/mol. The van der Waals surface area contributed by atoms with Crippen LogP contribution in [0.1, 0.15) is 42.0 Å². The Hall–Kier alpha value is -1.65. The van der Waals surface area contributed by atoms with Gasteiger partial charge >= 0.3 is 0 Å². The van der Waals surface area contributed by atoms with Gasteiger partial charge in [0, 0.05) is 36.3 Å². The van der Waals surface area contributed by atoms with Crippen LogP contribution in [-0.2, 0) is 11.2 Å². The Labute approximate surface area is 148 Å². The minimum Gasteiger partial charge on any atom is -0.340 e. The second-order valence-electron chi connectivity index (χ2n) is 6.62. The summed E-state index contributed by atoms with van der Waals surface area (Å²) in [5, 5.41) is 2.12. The van der Waals surface area contributed by atoms with Crippen LogP contribution in [0.3, 0.4) is 0 Å². The second-order valence-corrected chi connectivity index (χ2v) is 7.65. The molecule has 0 aliphatic carbocycles. The predicted octanol–water partition coefficient (Wildman–Crippen LogP) is 3.80. The van der Waals surface area contributed by atoms with E-state index in [0.29, 0.717) is 13.0 Å². The van der Waals surface area contributed by atoms with E-state index in [1.165, 1.54) is 16.9 Å². The summed E-state index contributed by atoms with van der Waals surface area (Å²) < 4.78 is 0. The van der Waals surface area contributed by atoms with Gasteiger partial charge in [-0.1, -0.05) is 42.8 Å². The van der Waals surface area contributed by atoms with Crippen molar-refractivity contribution in [3.8, 4) is 0 Å². The van der Waals surface area contributed by atoms with Crippen molar-refractivity contribution in [2.45, 2.75) is 44.1 Å². The van der Waals surface area contributed by atoms with E-state index in [-0.39, 0.29) is 17.9 Å². The van der Waals surface area contributed by atoms with Gasteiger partial charge in [0.15, 0.2) is 0 Å². The highest BCUT2D eigenvalue weighted by atomic mass is 32.1. The van der Waals surface area contributed by atoms with Crippen molar-refractivity contribution in [3.63, 3.8) is 0 Å². The van der Waals surface area contributed by atoms with Crippen LogP contribution in [0, 0.1) is 0 Å². The molecule has 0 spiro atoms. The van der Waals surface area contributed by atoms with Crippen molar-refractivity contribution in [2.75, 3.05) is 13.1 Å². The Morgan fingerprint density at radius 1 is 1.08 bits per heavy atom. The molecule has 0 radical (unpaired) electrons. The molecule has 4 heteroatoms. The van der Waals surface area contributed by atoms with Crippen LogP contribution in [0.5, 0.6) is 0 Å². The van der Waals surface area contributed by atoms with Crippen molar-refractivity contribution < 1.29 is 4.79 Å². The largest absolute Gasteiger partial charge is 0.340 e. The van der Waals surface area contributed by atoms with Crippen LogP contribution in [0.25, 0.3) is 0 Å². The molecule has 1 aliphatic heterocycles. The highest BCUT2D eigenvalue weighted by Crippen LogP contribution is 2.27. The first kappa shape index (κ1) is 17.2. The van der Waals surface area contributed by atoms with Crippen molar-refractivity contribution in [1.29, 1.82) is 0 Å². The first-order valence-corrected chi connectivity index (χ1v) is 9.72. The van der Waals surface area contributed by atoms with Crippen molar-refractivity contribution >= 4 is 17.2 Å². The maximum absolute atomic E-state index is 12.4. The van der Waals surface area contributed by atoms with Crippen molar-refractivity contribution in [1.82, 2.24) is 4.90 Å². The van der Waals surface area contributed by atoms with Gasteiger partial charge in [-0.3, -0.25) is 4.79 Å². The Morgan fingerprint density at radius 2 is 1.92 bits per heavy atom. The van der Waals surface area contributed by atoms with E-state index in [9.17, 15) is 4.79 Å². The van der Waals surface area contributed by atoms with Gasteiger partial charge in [0.25, 0.3) is 0 Å². The number of nitrogens with two attached hydrogens (primary N) is 1. The number of unbranched alkanes of at least 4 members (excludes halogenated alkanes) is 2. The number of hydrogen-bond acceptors (Lipinski definition) is 3. The minimum atomic E-state index is 0.0511. The molecule has 1 aromatic carbocycles. The first-order chi connectivity index (χ1) is 11.7. The van der Waals surface area contributed by atoms with Crippen molar-refractivity contribution in [3.05, 3.63) is 58.3 Å². The summed E-state index contributed by atoms with van der Waals surface area (Å²) in [6.45, 7) is 1.45. The Kier molecular flexibility index (Phi) is 6.05. The molecule has 2 aromatic rings. The molecule has 1 aliphatic rings. The molecule has 0 unspecified atom stereocenters. The predicted molar refractivity (Wildman–Crippen MR) is 100 cm³/mol. The van der Waals surface area contributed by atoms with Crippen LogP contribution in [-0.4, -0.2) is 29.9 Å².